The molecular weight excluding hydrogens is 437 g/mol. The number of halogens is 1. The van der Waals surface area contributed by atoms with Gasteiger partial charge in [-0.15, -0.1) is 24.0 Å². The minimum atomic E-state index is 0. The molecule has 0 aliphatic rings. The van der Waals surface area contributed by atoms with E-state index >= 15 is 0 Å². The van der Waals surface area contributed by atoms with Crippen molar-refractivity contribution in [2.24, 2.45) is 4.99 Å². The maximum absolute atomic E-state index is 4.27. The van der Waals surface area contributed by atoms with E-state index in [1.165, 1.54) is 11.1 Å². The third-order valence-corrected chi connectivity index (χ3v) is 4.22. The first kappa shape index (κ1) is 22.5. The summed E-state index contributed by atoms with van der Waals surface area (Å²) in [6.07, 6.45) is 6.99. The Morgan fingerprint density at radius 3 is 2.38 bits per heavy atom. The Balaban J connectivity index is 0.00000338. The largest absolute Gasteiger partial charge is 0.356 e. The van der Waals surface area contributed by atoms with Gasteiger partial charge in [0.05, 0.1) is 0 Å². The second-order valence-corrected chi connectivity index (χ2v) is 6.55. The van der Waals surface area contributed by atoms with Gasteiger partial charge in [-0.05, 0) is 42.4 Å². The molecule has 0 unspecified atom stereocenters. The Bertz CT molecular complexity index is 620. The normalized spacial score (nSPS) is 11.3. The summed E-state index contributed by atoms with van der Waals surface area (Å²) >= 11 is 0. The summed E-state index contributed by atoms with van der Waals surface area (Å²) in [5, 5.41) is 10.9. The Morgan fingerprint density at radius 2 is 1.81 bits per heavy atom. The predicted molar refractivity (Wildman–Crippen MR) is 120 cm³/mol. The van der Waals surface area contributed by atoms with Crippen LogP contribution in [0.1, 0.15) is 43.7 Å². The fraction of sp³-hybridized carbons (Fsp3) is 0.500. The zero-order valence-electron chi connectivity index (χ0n) is 16.1. The fourth-order valence-electron chi connectivity index (χ4n) is 2.67. The van der Waals surface area contributed by atoms with E-state index in [-0.39, 0.29) is 24.0 Å². The summed E-state index contributed by atoms with van der Waals surface area (Å²) in [6, 6.07) is 10.9. The molecule has 0 aliphatic heterocycles. The summed E-state index contributed by atoms with van der Waals surface area (Å²) in [5.74, 6) is 1.47. The van der Waals surface area contributed by atoms with E-state index in [2.05, 4.69) is 58.8 Å². The highest BCUT2D eigenvalue weighted by molar-refractivity contribution is 14.0. The van der Waals surface area contributed by atoms with Crippen LogP contribution in [0.25, 0.3) is 0 Å². The molecule has 1 heterocycles. The molecule has 26 heavy (non-hydrogen) atoms. The number of aliphatic imine (C=N–C) groups is 1. The average molecular weight is 469 g/mol. The van der Waals surface area contributed by atoms with Gasteiger partial charge in [-0.25, -0.2) is 0 Å². The van der Waals surface area contributed by atoms with Crippen molar-refractivity contribution in [2.75, 3.05) is 20.1 Å². The summed E-state index contributed by atoms with van der Waals surface area (Å²) in [5.41, 5.74) is 2.80. The highest BCUT2D eigenvalue weighted by atomic mass is 127. The topological polar surface area (TPSA) is 54.2 Å². The van der Waals surface area contributed by atoms with Gasteiger partial charge in [0, 0.05) is 39.1 Å². The molecule has 2 rings (SSSR count). The van der Waals surface area contributed by atoms with E-state index in [0.717, 1.165) is 44.9 Å². The second kappa shape index (κ2) is 12.7. The predicted octanol–water partition coefficient (Wildman–Crippen LogP) is 3.81. The second-order valence-electron chi connectivity index (χ2n) is 6.55. The molecule has 0 bridgehead atoms. The van der Waals surface area contributed by atoms with Gasteiger partial charge in [-0.3, -0.25) is 9.67 Å². The van der Waals surface area contributed by atoms with Crippen molar-refractivity contribution in [2.45, 2.75) is 45.6 Å². The number of aromatic nitrogens is 2. The van der Waals surface area contributed by atoms with Crippen LogP contribution in [0.4, 0.5) is 0 Å². The lowest BCUT2D eigenvalue weighted by Crippen LogP contribution is -2.38. The molecule has 0 radical (unpaired) electrons. The molecule has 5 nitrogen and oxygen atoms in total. The molecule has 1 aromatic carbocycles. The number of hydrogen-bond donors (Lipinski definition) is 2. The van der Waals surface area contributed by atoms with Gasteiger partial charge in [-0.2, -0.15) is 5.10 Å². The molecule has 0 aliphatic carbocycles. The highest BCUT2D eigenvalue weighted by Gasteiger charge is 2.00. The van der Waals surface area contributed by atoms with Crippen LogP contribution >= 0.6 is 24.0 Å². The number of hydrogen-bond acceptors (Lipinski definition) is 2. The Morgan fingerprint density at radius 1 is 1.12 bits per heavy atom. The number of aryl methyl sites for hydroxylation is 2. The van der Waals surface area contributed by atoms with Crippen LogP contribution in [0.2, 0.25) is 0 Å². The first-order valence-corrected chi connectivity index (χ1v) is 9.20. The summed E-state index contributed by atoms with van der Waals surface area (Å²) in [6.45, 7) is 7.18. The van der Waals surface area contributed by atoms with Crippen molar-refractivity contribution in [1.29, 1.82) is 0 Å². The highest BCUT2D eigenvalue weighted by Crippen LogP contribution is 2.15. The summed E-state index contributed by atoms with van der Waals surface area (Å²) in [4.78, 5) is 4.27. The average Bonchev–Trinajstić information content (AvgIpc) is 3.14. The van der Waals surface area contributed by atoms with Gasteiger partial charge >= 0.3 is 0 Å². The molecular formula is C20H32IN5. The smallest absolute Gasteiger partial charge is 0.190 e. The van der Waals surface area contributed by atoms with Crippen LogP contribution < -0.4 is 10.6 Å². The minimum absolute atomic E-state index is 0. The number of nitrogens with one attached hydrogen (secondary N) is 2. The number of guanidine groups is 1. The lowest BCUT2D eigenvalue weighted by molar-refractivity contribution is 0.570. The molecule has 0 amide bonds. The van der Waals surface area contributed by atoms with E-state index < -0.39 is 0 Å². The maximum atomic E-state index is 4.27. The molecule has 2 N–H and O–H groups in total. The monoisotopic (exact) mass is 469 g/mol. The van der Waals surface area contributed by atoms with Crippen molar-refractivity contribution in [3.63, 3.8) is 0 Å². The summed E-state index contributed by atoms with van der Waals surface area (Å²) < 4.78 is 1.95. The van der Waals surface area contributed by atoms with Crippen molar-refractivity contribution in [1.82, 2.24) is 20.4 Å². The van der Waals surface area contributed by atoms with Gasteiger partial charge < -0.3 is 10.6 Å². The molecule has 0 saturated carbocycles. The molecule has 2 aromatic rings. The summed E-state index contributed by atoms with van der Waals surface area (Å²) in [7, 11) is 1.81. The molecule has 144 valence electrons. The van der Waals surface area contributed by atoms with E-state index in [1.807, 2.05) is 30.2 Å². The zero-order valence-corrected chi connectivity index (χ0v) is 18.4. The Hall–Kier alpha value is -1.57. The third-order valence-electron chi connectivity index (χ3n) is 4.22. The standard InChI is InChI=1S/C20H31N5.HI/c1-17(2)19-10-8-18(9-11-19)7-4-12-22-20(21-3)23-13-5-15-25-16-6-14-24-25;/h6,8-11,14,16-17H,4-5,7,12-13,15H2,1-3H3,(H2,21,22,23);1H. The van der Waals surface area contributed by atoms with Crippen LogP contribution in [-0.2, 0) is 13.0 Å². The first-order valence-electron chi connectivity index (χ1n) is 9.20. The number of nitrogens with zero attached hydrogens (tertiary/aromatic N) is 3. The van der Waals surface area contributed by atoms with Crippen LogP contribution in [-0.4, -0.2) is 35.9 Å². The van der Waals surface area contributed by atoms with Crippen LogP contribution in [0.5, 0.6) is 0 Å². The first-order chi connectivity index (χ1) is 12.2. The van der Waals surface area contributed by atoms with Crippen molar-refractivity contribution in [3.05, 3.63) is 53.9 Å². The van der Waals surface area contributed by atoms with Crippen LogP contribution in [0.3, 0.4) is 0 Å². The van der Waals surface area contributed by atoms with Crippen molar-refractivity contribution >= 4 is 29.9 Å². The lowest BCUT2D eigenvalue weighted by atomic mass is 10.0. The Labute approximate surface area is 174 Å². The van der Waals surface area contributed by atoms with Gasteiger partial charge in [-0.1, -0.05) is 38.1 Å². The lowest BCUT2D eigenvalue weighted by Gasteiger charge is -2.12. The minimum Gasteiger partial charge on any atom is -0.356 e. The van der Waals surface area contributed by atoms with Gasteiger partial charge in [0.15, 0.2) is 5.96 Å². The molecule has 0 spiro atoms. The van der Waals surface area contributed by atoms with Crippen LogP contribution in [0.15, 0.2) is 47.7 Å². The van der Waals surface area contributed by atoms with E-state index in [4.69, 9.17) is 0 Å². The van der Waals surface area contributed by atoms with Gasteiger partial charge in [0.25, 0.3) is 0 Å². The molecule has 6 heteroatoms. The zero-order chi connectivity index (χ0) is 17.9. The van der Waals surface area contributed by atoms with E-state index in [0.29, 0.717) is 5.92 Å². The maximum Gasteiger partial charge on any atom is 0.190 e. The SMILES string of the molecule is CN=C(NCCCc1ccc(C(C)C)cc1)NCCCn1cccn1.I. The van der Waals surface area contributed by atoms with E-state index in [9.17, 15) is 0 Å². The van der Waals surface area contributed by atoms with Gasteiger partial charge in [0.1, 0.15) is 0 Å². The van der Waals surface area contributed by atoms with Gasteiger partial charge in [0.2, 0.25) is 0 Å². The molecule has 0 fully saturated rings. The fourth-order valence-corrected chi connectivity index (χ4v) is 2.67. The molecule has 1 aromatic heterocycles. The molecule has 0 saturated heterocycles. The van der Waals surface area contributed by atoms with Crippen molar-refractivity contribution < 1.29 is 0 Å². The quantitative estimate of drug-likeness (QED) is 0.254. The van der Waals surface area contributed by atoms with E-state index in [1.54, 1.807) is 0 Å². The van der Waals surface area contributed by atoms with Crippen molar-refractivity contribution in [3.8, 4) is 0 Å². The molecule has 0 atom stereocenters. The number of benzene rings is 1. The third kappa shape index (κ3) is 8.21. The number of rotatable bonds is 9. The Kier molecular flexibility index (Phi) is 11.0. The van der Waals surface area contributed by atoms with Crippen LogP contribution in [0, 0.1) is 0 Å².